The van der Waals surface area contributed by atoms with Crippen LogP contribution in [0.4, 0.5) is 5.82 Å². The summed E-state index contributed by atoms with van der Waals surface area (Å²) in [7, 11) is 3.12. The zero-order valence-electron chi connectivity index (χ0n) is 11.9. The lowest BCUT2D eigenvalue weighted by molar-refractivity contribution is -0.305. The molecule has 0 fully saturated rings. The van der Waals surface area contributed by atoms with Gasteiger partial charge in [0.05, 0.1) is 19.7 Å². The van der Waals surface area contributed by atoms with Gasteiger partial charge in [-0.3, -0.25) is 0 Å². The summed E-state index contributed by atoms with van der Waals surface area (Å²) >= 11 is 0. The van der Waals surface area contributed by atoms with Crippen molar-refractivity contribution in [1.29, 1.82) is 0 Å². The molecule has 1 heterocycles. The Balaban J connectivity index is 2.25. The normalized spacial score (nSPS) is 10.4. The van der Waals surface area contributed by atoms with Gasteiger partial charge in [-0.1, -0.05) is 0 Å². The Morgan fingerprint density at radius 1 is 1.24 bits per heavy atom. The number of carboxylic acid groups (broad SMARTS) is 1. The molecule has 7 nitrogen and oxygen atoms in total. The fraction of sp³-hybridized carbons (Fsp3) is 0.357. The molecule has 0 aliphatic heterocycles. The third kappa shape index (κ3) is 3.50. The smallest absolute Gasteiger partial charge is 0.162 e. The van der Waals surface area contributed by atoms with E-state index in [1.54, 1.807) is 26.4 Å². The van der Waals surface area contributed by atoms with E-state index in [2.05, 4.69) is 15.3 Å². The van der Waals surface area contributed by atoms with Gasteiger partial charge < -0.3 is 24.7 Å². The second-order valence-corrected chi connectivity index (χ2v) is 4.35. The molecule has 0 bridgehead atoms. The quantitative estimate of drug-likeness (QED) is 0.745. The number of hydrogen-bond donors (Lipinski definition) is 1. The number of fused-ring (bicyclic) bond motifs is 1. The lowest BCUT2D eigenvalue weighted by atomic mass is 10.2. The van der Waals surface area contributed by atoms with Crippen molar-refractivity contribution in [2.75, 3.05) is 26.1 Å². The molecule has 1 aromatic heterocycles. The summed E-state index contributed by atoms with van der Waals surface area (Å²) in [6, 6.07) is 3.55. The predicted octanol–water partition coefficient (Wildman–Crippen LogP) is 0.589. The van der Waals surface area contributed by atoms with Crippen LogP contribution in [0.1, 0.15) is 12.8 Å². The van der Waals surface area contributed by atoms with Crippen molar-refractivity contribution in [3.63, 3.8) is 0 Å². The first-order valence-corrected chi connectivity index (χ1v) is 6.46. The second kappa shape index (κ2) is 6.74. The minimum Gasteiger partial charge on any atom is -0.550 e. The van der Waals surface area contributed by atoms with E-state index in [0.717, 1.165) is 5.39 Å². The van der Waals surface area contributed by atoms with E-state index < -0.39 is 5.97 Å². The molecular weight excluding hydrogens is 274 g/mol. The van der Waals surface area contributed by atoms with Crippen molar-refractivity contribution in [3.8, 4) is 11.5 Å². The molecular formula is C14H16N3O4-. The zero-order valence-corrected chi connectivity index (χ0v) is 11.9. The first-order valence-electron chi connectivity index (χ1n) is 6.46. The first-order chi connectivity index (χ1) is 10.2. The molecule has 1 N–H and O–H groups in total. The van der Waals surface area contributed by atoms with Crippen molar-refractivity contribution >= 4 is 22.7 Å². The number of carbonyl (C=O) groups is 1. The van der Waals surface area contributed by atoms with Crippen LogP contribution in [-0.2, 0) is 4.79 Å². The van der Waals surface area contributed by atoms with Crippen LogP contribution < -0.4 is 19.9 Å². The number of aliphatic carboxylic acids is 1. The van der Waals surface area contributed by atoms with Gasteiger partial charge in [-0.2, -0.15) is 0 Å². The molecule has 0 unspecified atom stereocenters. The van der Waals surface area contributed by atoms with Gasteiger partial charge >= 0.3 is 0 Å². The molecule has 0 saturated carbocycles. The number of nitrogens with zero attached hydrogens (tertiary/aromatic N) is 2. The fourth-order valence-electron chi connectivity index (χ4n) is 1.96. The van der Waals surface area contributed by atoms with Crippen molar-refractivity contribution in [2.45, 2.75) is 12.8 Å². The standard InChI is InChI=1S/C14H17N3O4/c1-20-11-6-9-10(7-12(11)21-2)16-8-17-14(9)15-5-3-4-13(18)19/h6-8H,3-5H2,1-2H3,(H,18,19)(H,15,16,17)/p-1. The summed E-state index contributed by atoms with van der Waals surface area (Å²) in [6.07, 6.45) is 1.91. The maximum absolute atomic E-state index is 10.4. The average molecular weight is 290 g/mol. The summed E-state index contributed by atoms with van der Waals surface area (Å²) in [4.78, 5) is 18.7. The third-order valence-electron chi connectivity index (χ3n) is 2.99. The van der Waals surface area contributed by atoms with Crippen LogP contribution in [0.25, 0.3) is 10.9 Å². The number of hydrogen-bond acceptors (Lipinski definition) is 7. The maximum atomic E-state index is 10.4. The molecule has 0 saturated heterocycles. The van der Waals surface area contributed by atoms with E-state index in [4.69, 9.17) is 9.47 Å². The number of rotatable bonds is 7. The lowest BCUT2D eigenvalue weighted by Gasteiger charge is -2.12. The van der Waals surface area contributed by atoms with Gasteiger partial charge in [-0.15, -0.1) is 0 Å². The van der Waals surface area contributed by atoms with Crippen LogP contribution in [0.3, 0.4) is 0 Å². The van der Waals surface area contributed by atoms with Crippen LogP contribution >= 0.6 is 0 Å². The minimum atomic E-state index is -1.06. The van der Waals surface area contributed by atoms with Crippen LogP contribution in [-0.4, -0.2) is 36.7 Å². The van der Waals surface area contributed by atoms with Crippen molar-refractivity contribution in [3.05, 3.63) is 18.5 Å². The van der Waals surface area contributed by atoms with E-state index in [1.165, 1.54) is 6.33 Å². The molecule has 7 heteroatoms. The number of anilines is 1. The van der Waals surface area contributed by atoms with E-state index in [0.29, 0.717) is 35.8 Å². The third-order valence-corrected chi connectivity index (χ3v) is 2.99. The molecule has 0 aliphatic rings. The number of carboxylic acids is 1. The lowest BCUT2D eigenvalue weighted by Crippen LogP contribution is -2.22. The molecule has 1 aromatic carbocycles. The summed E-state index contributed by atoms with van der Waals surface area (Å²) in [5, 5.41) is 14.3. The Hall–Kier alpha value is -2.57. The topological polar surface area (TPSA) is 96.4 Å². The highest BCUT2D eigenvalue weighted by Gasteiger charge is 2.10. The van der Waals surface area contributed by atoms with Crippen molar-refractivity contribution < 1.29 is 19.4 Å². The summed E-state index contributed by atoms with van der Waals surface area (Å²) in [6.45, 7) is 0.481. The summed E-state index contributed by atoms with van der Waals surface area (Å²) in [5.41, 5.74) is 0.713. The average Bonchev–Trinajstić information content (AvgIpc) is 2.49. The molecule has 0 radical (unpaired) electrons. The largest absolute Gasteiger partial charge is 0.550 e. The first kappa shape index (κ1) is 14.8. The Morgan fingerprint density at radius 3 is 2.62 bits per heavy atom. The van der Waals surface area contributed by atoms with Gasteiger partial charge in [0.25, 0.3) is 0 Å². The molecule has 112 valence electrons. The van der Waals surface area contributed by atoms with E-state index >= 15 is 0 Å². The summed E-state index contributed by atoms with van der Waals surface area (Å²) < 4.78 is 10.5. The highest BCUT2D eigenvalue weighted by Crippen LogP contribution is 2.33. The van der Waals surface area contributed by atoms with Gasteiger partial charge in [-0.25, -0.2) is 9.97 Å². The Bertz CT molecular complexity index is 645. The van der Waals surface area contributed by atoms with E-state index in [9.17, 15) is 9.90 Å². The molecule has 0 atom stereocenters. The monoisotopic (exact) mass is 290 g/mol. The van der Waals surface area contributed by atoms with Gasteiger partial charge in [0.1, 0.15) is 12.1 Å². The Morgan fingerprint density at radius 2 is 1.95 bits per heavy atom. The van der Waals surface area contributed by atoms with Gasteiger partial charge in [0, 0.05) is 24.0 Å². The van der Waals surface area contributed by atoms with Gasteiger partial charge in [-0.05, 0) is 18.9 Å². The van der Waals surface area contributed by atoms with Gasteiger partial charge in [0.15, 0.2) is 11.5 Å². The minimum absolute atomic E-state index is 0.00710. The zero-order chi connectivity index (χ0) is 15.2. The molecule has 0 amide bonds. The molecule has 2 rings (SSSR count). The molecule has 21 heavy (non-hydrogen) atoms. The summed E-state index contributed by atoms with van der Waals surface area (Å²) in [5.74, 6) is 0.735. The van der Waals surface area contributed by atoms with Crippen LogP contribution in [0.15, 0.2) is 18.5 Å². The van der Waals surface area contributed by atoms with E-state index in [1.807, 2.05) is 0 Å². The number of carbonyl (C=O) groups excluding carboxylic acids is 1. The number of benzene rings is 1. The van der Waals surface area contributed by atoms with E-state index in [-0.39, 0.29) is 6.42 Å². The Labute approximate surface area is 121 Å². The highest BCUT2D eigenvalue weighted by molar-refractivity contribution is 5.91. The number of nitrogens with one attached hydrogen (secondary N) is 1. The number of aromatic nitrogens is 2. The van der Waals surface area contributed by atoms with Crippen molar-refractivity contribution in [2.24, 2.45) is 0 Å². The van der Waals surface area contributed by atoms with Crippen molar-refractivity contribution in [1.82, 2.24) is 9.97 Å². The Kier molecular flexibility index (Phi) is 4.76. The second-order valence-electron chi connectivity index (χ2n) is 4.35. The van der Waals surface area contributed by atoms with Gasteiger partial charge in [0.2, 0.25) is 0 Å². The fourth-order valence-corrected chi connectivity index (χ4v) is 1.96. The van der Waals surface area contributed by atoms with Crippen LogP contribution in [0.5, 0.6) is 11.5 Å². The molecule has 0 spiro atoms. The SMILES string of the molecule is COc1cc2ncnc(NCCCC(=O)[O-])c2cc1OC. The van der Waals surface area contributed by atoms with Crippen LogP contribution in [0, 0.1) is 0 Å². The van der Waals surface area contributed by atoms with Crippen LogP contribution in [0.2, 0.25) is 0 Å². The number of methoxy groups -OCH3 is 2. The molecule has 2 aromatic rings. The predicted molar refractivity (Wildman–Crippen MR) is 75.4 cm³/mol. The molecule has 0 aliphatic carbocycles. The highest BCUT2D eigenvalue weighted by atomic mass is 16.5. The maximum Gasteiger partial charge on any atom is 0.162 e. The number of ether oxygens (including phenoxy) is 2.